The fourth-order valence-electron chi connectivity index (χ4n) is 3.79. The lowest BCUT2D eigenvalue weighted by Gasteiger charge is -2.21. The summed E-state index contributed by atoms with van der Waals surface area (Å²) in [7, 11) is 1.32. The zero-order valence-electron chi connectivity index (χ0n) is 19.8. The number of benzene rings is 1. The van der Waals surface area contributed by atoms with E-state index >= 15 is 0 Å². The average molecular weight is 461 g/mol. The van der Waals surface area contributed by atoms with Crippen molar-refractivity contribution in [3.63, 3.8) is 0 Å². The molecule has 1 atom stereocenters. The van der Waals surface area contributed by atoms with E-state index < -0.39 is 29.3 Å². The number of hydrogen-bond acceptors (Lipinski definition) is 9. The van der Waals surface area contributed by atoms with Gasteiger partial charge in [-0.1, -0.05) is 0 Å². The molecule has 1 aliphatic heterocycles. The molecule has 0 bridgehead atoms. The van der Waals surface area contributed by atoms with Crippen molar-refractivity contribution >= 4 is 34.7 Å². The third-order valence-corrected chi connectivity index (χ3v) is 5.41. The van der Waals surface area contributed by atoms with Crippen LogP contribution in [0.15, 0.2) is 21.3 Å². The molecule has 0 spiro atoms. The number of amides is 1. The van der Waals surface area contributed by atoms with E-state index in [0.29, 0.717) is 23.2 Å². The molecular formula is C23H32N4O6. The first-order chi connectivity index (χ1) is 15.6. The second kappa shape index (κ2) is 10.2. The van der Waals surface area contributed by atoms with Gasteiger partial charge in [0, 0.05) is 12.2 Å². The molecule has 3 rings (SSSR count). The number of aromatic nitrogens is 1. The summed E-state index contributed by atoms with van der Waals surface area (Å²) in [6, 6.07) is 2.49. The number of ether oxygens (including phenoxy) is 2. The van der Waals surface area contributed by atoms with Crippen LogP contribution in [-0.2, 0) is 14.3 Å². The third-order valence-electron chi connectivity index (χ3n) is 5.41. The van der Waals surface area contributed by atoms with Crippen LogP contribution in [0.5, 0.6) is 0 Å². The highest BCUT2D eigenvalue weighted by molar-refractivity contribution is 5.93. The molecule has 1 amide bonds. The summed E-state index contributed by atoms with van der Waals surface area (Å²) in [5, 5.41) is 5.79. The Morgan fingerprint density at radius 3 is 2.58 bits per heavy atom. The third kappa shape index (κ3) is 6.44. The molecule has 1 saturated heterocycles. The zero-order chi connectivity index (χ0) is 24.2. The monoisotopic (exact) mass is 460 g/mol. The summed E-state index contributed by atoms with van der Waals surface area (Å²) in [5.74, 6) is -0.452. The van der Waals surface area contributed by atoms with Crippen LogP contribution in [0.2, 0.25) is 0 Å². The minimum Gasteiger partial charge on any atom is -0.467 e. The summed E-state index contributed by atoms with van der Waals surface area (Å²) < 4.78 is 15.5. The van der Waals surface area contributed by atoms with E-state index in [0.717, 1.165) is 32.5 Å². The van der Waals surface area contributed by atoms with Crippen molar-refractivity contribution in [2.45, 2.75) is 58.6 Å². The number of nitrogens with zero attached hydrogens (tertiary/aromatic N) is 2. The van der Waals surface area contributed by atoms with Gasteiger partial charge in [-0.15, -0.1) is 0 Å². The van der Waals surface area contributed by atoms with Crippen LogP contribution in [0.1, 0.15) is 45.6 Å². The molecule has 0 saturated carbocycles. The predicted octanol–water partition coefficient (Wildman–Crippen LogP) is 3.28. The van der Waals surface area contributed by atoms with Crippen LogP contribution < -0.4 is 16.3 Å². The van der Waals surface area contributed by atoms with Crippen molar-refractivity contribution in [2.24, 2.45) is 0 Å². The number of carbonyl (C=O) groups excluding carboxylic acids is 2. The highest BCUT2D eigenvalue weighted by Crippen LogP contribution is 2.24. The number of likely N-dealkylation sites (tertiary alicyclic amines) is 1. The minimum atomic E-state index is -0.696. The highest BCUT2D eigenvalue weighted by atomic mass is 16.6. The van der Waals surface area contributed by atoms with Crippen LogP contribution in [0.4, 0.5) is 16.5 Å². The van der Waals surface area contributed by atoms with Gasteiger partial charge in [-0.25, -0.2) is 14.4 Å². The normalized spacial score (nSPS) is 15.3. The Kier molecular flexibility index (Phi) is 7.57. The Morgan fingerprint density at radius 2 is 1.94 bits per heavy atom. The largest absolute Gasteiger partial charge is 0.467 e. The Morgan fingerprint density at radius 1 is 1.24 bits per heavy atom. The maximum absolute atomic E-state index is 12.8. The maximum Gasteiger partial charge on any atom is 0.412 e. The molecule has 0 unspecified atom stereocenters. The molecule has 33 heavy (non-hydrogen) atoms. The fourth-order valence-corrected chi connectivity index (χ4v) is 3.79. The lowest BCUT2D eigenvalue weighted by Crippen LogP contribution is -2.35. The molecule has 1 fully saturated rings. The Labute approximate surface area is 192 Å². The fraction of sp³-hybridized carbons (Fsp3) is 0.565. The van der Waals surface area contributed by atoms with Gasteiger partial charge in [-0.05, 0) is 77.7 Å². The molecule has 2 heterocycles. The van der Waals surface area contributed by atoms with Crippen LogP contribution in [0.3, 0.4) is 0 Å². The molecular weight excluding hydrogens is 428 g/mol. The van der Waals surface area contributed by atoms with Gasteiger partial charge in [0.15, 0.2) is 0 Å². The molecule has 0 radical (unpaired) electrons. The van der Waals surface area contributed by atoms with Crippen molar-refractivity contribution in [2.75, 3.05) is 37.4 Å². The lowest BCUT2D eigenvalue weighted by atomic mass is 10.1. The molecule has 1 aromatic carbocycles. The first-order valence-electron chi connectivity index (χ1n) is 11.1. The van der Waals surface area contributed by atoms with Crippen molar-refractivity contribution in [3.05, 3.63) is 28.1 Å². The van der Waals surface area contributed by atoms with E-state index in [9.17, 15) is 14.4 Å². The van der Waals surface area contributed by atoms with Gasteiger partial charge in [0.05, 0.1) is 18.0 Å². The number of carbonyl (C=O) groups is 2. The van der Waals surface area contributed by atoms with E-state index in [2.05, 4.69) is 20.5 Å². The number of anilines is 2. The zero-order valence-corrected chi connectivity index (χ0v) is 19.8. The van der Waals surface area contributed by atoms with Crippen molar-refractivity contribution in [1.29, 1.82) is 0 Å². The number of nitrogens with one attached hydrogen (secondary N) is 2. The quantitative estimate of drug-likeness (QED) is 0.599. The Balaban J connectivity index is 1.80. The second-order valence-electron chi connectivity index (χ2n) is 9.12. The van der Waals surface area contributed by atoms with Gasteiger partial charge >= 0.3 is 17.7 Å². The number of aryl methyl sites for hydroxylation is 1. The molecule has 1 aliphatic rings. The van der Waals surface area contributed by atoms with Gasteiger partial charge in [0.2, 0.25) is 0 Å². The Bertz CT molecular complexity index is 1070. The number of fused-ring (bicyclic) bond motifs is 1. The minimum absolute atomic E-state index is 0.0587. The van der Waals surface area contributed by atoms with Gasteiger partial charge < -0.3 is 24.1 Å². The van der Waals surface area contributed by atoms with E-state index in [1.165, 1.54) is 7.11 Å². The number of hydrogen-bond donors (Lipinski definition) is 2. The molecule has 2 aromatic rings. The predicted molar refractivity (Wildman–Crippen MR) is 125 cm³/mol. The topological polar surface area (TPSA) is 123 Å². The SMILES string of the molecule is COC(=O)[C@H](CCN1CCCC1)Nc1nc2ccc(NC(=O)OC(C)(C)C)c(C)c2c(=O)o1. The number of esters is 1. The summed E-state index contributed by atoms with van der Waals surface area (Å²) in [5.41, 5.74) is 0.0236. The molecule has 2 N–H and O–H groups in total. The van der Waals surface area contributed by atoms with Crippen LogP contribution >= 0.6 is 0 Å². The van der Waals surface area contributed by atoms with Crippen molar-refractivity contribution in [1.82, 2.24) is 9.88 Å². The number of rotatable bonds is 7. The van der Waals surface area contributed by atoms with Crippen LogP contribution in [-0.4, -0.2) is 60.3 Å². The van der Waals surface area contributed by atoms with E-state index in [1.807, 2.05) is 0 Å². The Hall–Kier alpha value is -3.14. The van der Waals surface area contributed by atoms with Crippen LogP contribution in [0, 0.1) is 6.92 Å². The van der Waals surface area contributed by atoms with Gasteiger partial charge in [-0.3, -0.25) is 5.32 Å². The summed E-state index contributed by atoms with van der Waals surface area (Å²) in [4.78, 5) is 43.8. The molecule has 10 nitrogen and oxygen atoms in total. The molecule has 1 aromatic heterocycles. The molecule has 10 heteroatoms. The summed E-state index contributed by atoms with van der Waals surface area (Å²) in [6.45, 7) is 9.72. The lowest BCUT2D eigenvalue weighted by molar-refractivity contribution is -0.141. The van der Waals surface area contributed by atoms with Crippen LogP contribution in [0.25, 0.3) is 10.9 Å². The first-order valence-corrected chi connectivity index (χ1v) is 11.1. The van der Waals surface area contributed by atoms with Gasteiger partial charge in [0.1, 0.15) is 11.6 Å². The maximum atomic E-state index is 12.8. The van der Waals surface area contributed by atoms with E-state index in [4.69, 9.17) is 13.9 Å². The summed E-state index contributed by atoms with van der Waals surface area (Å²) >= 11 is 0. The standard InChI is InChI=1S/C23H32N4O6/c1-14-15(26-22(30)33-23(2,3)4)8-9-16-18(14)20(29)32-21(24-16)25-17(19(28)31-5)10-13-27-11-6-7-12-27/h8-9,17H,6-7,10-13H2,1-5H3,(H,24,25)(H,26,30)/t17-/m0/s1. The average Bonchev–Trinajstić information content (AvgIpc) is 3.24. The van der Waals surface area contributed by atoms with Gasteiger partial charge in [0.25, 0.3) is 6.01 Å². The van der Waals surface area contributed by atoms with E-state index in [1.54, 1.807) is 39.8 Å². The summed E-state index contributed by atoms with van der Waals surface area (Å²) in [6.07, 6.45) is 2.18. The molecule has 180 valence electrons. The van der Waals surface area contributed by atoms with E-state index in [-0.39, 0.29) is 11.4 Å². The van der Waals surface area contributed by atoms with Crippen molar-refractivity contribution in [3.8, 4) is 0 Å². The van der Waals surface area contributed by atoms with Gasteiger partial charge in [-0.2, -0.15) is 4.98 Å². The smallest absolute Gasteiger partial charge is 0.412 e. The molecule has 0 aliphatic carbocycles. The second-order valence-corrected chi connectivity index (χ2v) is 9.12. The number of methoxy groups -OCH3 is 1. The highest BCUT2D eigenvalue weighted by Gasteiger charge is 2.24. The first kappa shape index (κ1) is 24.5. The van der Waals surface area contributed by atoms with Crippen molar-refractivity contribution < 1.29 is 23.5 Å².